The predicted octanol–water partition coefficient (Wildman–Crippen LogP) is 5.01. The van der Waals surface area contributed by atoms with Gasteiger partial charge in [0.1, 0.15) is 12.1 Å². The van der Waals surface area contributed by atoms with E-state index >= 15 is 0 Å². The maximum Gasteiger partial charge on any atom is 0.573 e. The normalized spacial score (nSPS) is 15.1. The number of alkyl halides is 3. The maximum absolute atomic E-state index is 12.4. The summed E-state index contributed by atoms with van der Waals surface area (Å²) in [5.41, 5.74) is 3.63. The first kappa shape index (κ1) is 25.1. The third kappa shape index (κ3) is 5.72. The zero-order valence-corrected chi connectivity index (χ0v) is 20.5. The molecule has 0 bridgehead atoms. The van der Waals surface area contributed by atoms with Gasteiger partial charge in [0.15, 0.2) is 11.0 Å². The molecule has 1 aliphatic heterocycles. The number of halogens is 3. The summed E-state index contributed by atoms with van der Waals surface area (Å²) in [7, 11) is 0. The van der Waals surface area contributed by atoms with E-state index in [0.29, 0.717) is 16.7 Å². The van der Waals surface area contributed by atoms with Crippen LogP contribution in [0.2, 0.25) is 0 Å². The molecule has 0 atom stereocenters. The lowest BCUT2D eigenvalue weighted by Crippen LogP contribution is -2.29. The lowest BCUT2D eigenvalue weighted by Gasteiger charge is -2.16. The molecule has 13 heteroatoms. The summed E-state index contributed by atoms with van der Waals surface area (Å²) in [5.74, 6) is 0.339. The molecule has 2 aromatic carbocycles. The second-order valence-corrected chi connectivity index (χ2v) is 8.93. The number of benzene rings is 2. The molecule has 9 nitrogen and oxygen atoms in total. The highest BCUT2D eigenvalue weighted by Crippen LogP contribution is 2.29. The number of hydrogen-bond acceptors (Lipinski definition) is 8. The summed E-state index contributed by atoms with van der Waals surface area (Å²) in [6.07, 6.45) is 1.61. The summed E-state index contributed by atoms with van der Waals surface area (Å²) in [6.45, 7) is 1.88. The third-order valence-corrected chi connectivity index (χ3v) is 6.26. The highest BCUT2D eigenvalue weighted by atomic mass is 32.2. The van der Waals surface area contributed by atoms with Crippen LogP contribution in [-0.2, 0) is 4.79 Å². The molecule has 38 heavy (non-hydrogen) atoms. The highest BCUT2D eigenvalue weighted by Gasteiger charge is 2.31. The van der Waals surface area contributed by atoms with Gasteiger partial charge in [-0.1, -0.05) is 36.0 Å². The Morgan fingerprint density at radius 2 is 1.84 bits per heavy atom. The molecule has 1 amide bonds. The fraction of sp³-hybridized carbons (Fsp3) is 0.120. The molecule has 1 aliphatic rings. The van der Waals surface area contributed by atoms with Crippen LogP contribution in [0.15, 0.2) is 83.5 Å². The van der Waals surface area contributed by atoms with Crippen molar-refractivity contribution >= 4 is 34.7 Å². The van der Waals surface area contributed by atoms with Gasteiger partial charge in [0.25, 0.3) is 0 Å². The first-order valence-electron chi connectivity index (χ1n) is 11.1. The molecule has 1 saturated heterocycles. The zero-order chi connectivity index (χ0) is 26.7. The number of amides is 1. The van der Waals surface area contributed by atoms with Crippen molar-refractivity contribution in [1.82, 2.24) is 19.7 Å². The number of rotatable bonds is 6. The van der Waals surface area contributed by atoms with Crippen molar-refractivity contribution in [2.75, 3.05) is 10.7 Å². The number of carbonyl (C=O) groups excluding carboxylic acids is 1. The lowest BCUT2D eigenvalue weighted by molar-refractivity contribution is -0.274. The van der Waals surface area contributed by atoms with Crippen molar-refractivity contribution in [3.63, 3.8) is 0 Å². The van der Waals surface area contributed by atoms with E-state index in [1.54, 1.807) is 29.6 Å². The number of anilines is 1. The number of pyridine rings is 1. The van der Waals surface area contributed by atoms with Crippen LogP contribution in [0.25, 0.3) is 17.1 Å². The Bertz CT molecular complexity index is 1520. The Morgan fingerprint density at radius 1 is 1.08 bits per heavy atom. The number of carbonyl (C=O) groups is 1. The fourth-order valence-electron chi connectivity index (χ4n) is 3.57. The number of hydrogen-bond donors (Lipinski definition) is 0. The van der Waals surface area contributed by atoms with Crippen molar-refractivity contribution in [1.29, 1.82) is 0 Å². The Hall–Kier alpha value is -4.52. The second-order valence-electron chi connectivity index (χ2n) is 7.98. The minimum atomic E-state index is -4.75. The number of ether oxygens (including phenoxy) is 1. The van der Waals surface area contributed by atoms with Gasteiger partial charge in [0, 0.05) is 18.0 Å². The maximum atomic E-state index is 12.4. The number of thioether (sulfide) groups is 1. The number of aromatic nitrogens is 4. The van der Waals surface area contributed by atoms with E-state index in [-0.39, 0.29) is 17.4 Å². The van der Waals surface area contributed by atoms with E-state index < -0.39 is 6.36 Å². The Morgan fingerprint density at radius 3 is 2.55 bits per heavy atom. The molecular weight excluding hydrogens is 519 g/mol. The smallest absolute Gasteiger partial charge is 0.406 e. The molecule has 0 aliphatic carbocycles. The molecule has 0 radical (unpaired) electrons. The van der Waals surface area contributed by atoms with Gasteiger partial charge in [-0.15, -0.1) is 23.4 Å². The highest BCUT2D eigenvalue weighted by molar-refractivity contribution is 8.15. The van der Waals surface area contributed by atoms with Gasteiger partial charge in [-0.05, 0) is 48.4 Å². The SMILES string of the molecule is Cc1cnccc1N1C(=O)CSC1=NN=Cc1ccc(-c2ncn(-c3ccc(OC(F)(F)F)cc3)n2)cc1. The minimum absolute atomic E-state index is 0.0693. The lowest BCUT2D eigenvalue weighted by atomic mass is 10.1. The summed E-state index contributed by atoms with van der Waals surface area (Å²) in [6, 6.07) is 14.4. The van der Waals surface area contributed by atoms with Crippen molar-refractivity contribution in [3.8, 4) is 22.8 Å². The van der Waals surface area contributed by atoms with Gasteiger partial charge in [-0.3, -0.25) is 14.7 Å². The van der Waals surface area contributed by atoms with Gasteiger partial charge < -0.3 is 4.74 Å². The Kier molecular flexibility index (Phi) is 6.92. The molecule has 0 spiro atoms. The van der Waals surface area contributed by atoms with Gasteiger partial charge >= 0.3 is 6.36 Å². The molecule has 4 aromatic rings. The van der Waals surface area contributed by atoms with Crippen LogP contribution in [0.3, 0.4) is 0 Å². The van der Waals surface area contributed by atoms with Crippen LogP contribution in [0, 0.1) is 6.92 Å². The average Bonchev–Trinajstić information content (AvgIpc) is 3.52. The number of aryl methyl sites for hydroxylation is 1. The van der Waals surface area contributed by atoms with Crippen LogP contribution in [-0.4, -0.2) is 49.2 Å². The van der Waals surface area contributed by atoms with Crippen molar-refractivity contribution in [2.45, 2.75) is 13.3 Å². The van der Waals surface area contributed by atoms with Crippen LogP contribution < -0.4 is 9.64 Å². The van der Waals surface area contributed by atoms with Gasteiger partial charge in [0.05, 0.1) is 23.3 Å². The van der Waals surface area contributed by atoms with E-state index in [2.05, 4.69) is 30.0 Å². The van der Waals surface area contributed by atoms with E-state index in [0.717, 1.165) is 22.4 Å². The molecule has 0 N–H and O–H groups in total. The largest absolute Gasteiger partial charge is 0.573 e. The first-order chi connectivity index (χ1) is 18.3. The fourth-order valence-corrected chi connectivity index (χ4v) is 4.39. The van der Waals surface area contributed by atoms with Crippen LogP contribution in [0.5, 0.6) is 5.75 Å². The van der Waals surface area contributed by atoms with Gasteiger partial charge in [-0.25, -0.2) is 9.67 Å². The van der Waals surface area contributed by atoms with E-state index in [4.69, 9.17) is 0 Å². The molecular formula is C25H18F3N7O2S. The number of amidine groups is 1. The van der Waals surface area contributed by atoms with E-state index in [1.165, 1.54) is 47.0 Å². The molecule has 192 valence electrons. The molecule has 0 saturated carbocycles. The summed E-state index contributed by atoms with van der Waals surface area (Å²) < 4.78 is 42.4. The molecule has 5 rings (SSSR count). The predicted molar refractivity (Wildman–Crippen MR) is 137 cm³/mol. The van der Waals surface area contributed by atoms with Crippen molar-refractivity contribution < 1.29 is 22.7 Å². The zero-order valence-electron chi connectivity index (χ0n) is 19.7. The Balaban J connectivity index is 1.26. The van der Waals surface area contributed by atoms with Gasteiger partial charge in [-0.2, -0.15) is 5.10 Å². The second kappa shape index (κ2) is 10.5. The minimum Gasteiger partial charge on any atom is -0.406 e. The molecule has 1 fully saturated rings. The van der Waals surface area contributed by atoms with Crippen LogP contribution in [0.4, 0.5) is 18.9 Å². The topological polar surface area (TPSA) is 97.9 Å². The number of nitrogens with zero attached hydrogens (tertiary/aromatic N) is 7. The van der Waals surface area contributed by atoms with Crippen LogP contribution in [0.1, 0.15) is 11.1 Å². The molecule has 3 heterocycles. The third-order valence-electron chi connectivity index (χ3n) is 5.34. The Labute approximate surface area is 218 Å². The van der Waals surface area contributed by atoms with Gasteiger partial charge in [0.2, 0.25) is 5.91 Å². The molecule has 0 unspecified atom stereocenters. The monoisotopic (exact) mass is 537 g/mol. The first-order valence-corrected chi connectivity index (χ1v) is 12.1. The summed E-state index contributed by atoms with van der Waals surface area (Å²) in [4.78, 5) is 22.3. The standard InChI is InChI=1S/C25H18F3N7O2S/c1-16-12-29-11-10-21(16)35-22(36)14-38-24(35)32-31-13-17-2-4-18(5-3-17)23-30-15-34(33-23)19-6-8-20(9-7-19)37-25(26,27)28/h2-13,15H,14H2,1H3. The van der Waals surface area contributed by atoms with Crippen LogP contribution >= 0.6 is 11.8 Å². The summed E-state index contributed by atoms with van der Waals surface area (Å²) >= 11 is 1.32. The average molecular weight is 538 g/mol. The van der Waals surface area contributed by atoms with Crippen molar-refractivity contribution in [2.24, 2.45) is 10.2 Å². The van der Waals surface area contributed by atoms with Crippen molar-refractivity contribution in [3.05, 3.63) is 84.4 Å². The quantitative estimate of drug-likeness (QED) is 0.254. The van der Waals surface area contributed by atoms with E-state index in [9.17, 15) is 18.0 Å². The van der Waals surface area contributed by atoms with E-state index in [1.807, 2.05) is 31.2 Å². The summed E-state index contributed by atoms with van der Waals surface area (Å²) in [5, 5.41) is 13.3. The molecule has 2 aromatic heterocycles.